The van der Waals surface area contributed by atoms with Crippen molar-refractivity contribution in [2.45, 2.75) is 104 Å². The smallest absolute Gasteiger partial charge is 0.395 e. The van der Waals surface area contributed by atoms with E-state index in [1.54, 1.807) is 0 Å². The quantitative estimate of drug-likeness (QED) is 0.114. The largest absolute Gasteiger partial charge is 0.469 e. The van der Waals surface area contributed by atoms with Crippen LogP contribution in [0.4, 0.5) is 0 Å². The number of aliphatic hydroxyl groups excluding tert-OH is 7. The molecule has 1 spiro atoms. The normalized spacial score (nSPS) is 50.6. The Labute approximate surface area is 227 Å². The first-order valence-corrected chi connectivity index (χ1v) is 14.1. The molecular weight excluding hydrogens is 569 g/mol. The van der Waals surface area contributed by atoms with Gasteiger partial charge in [-0.25, -0.2) is 4.57 Å². The molecule has 16 atom stereocenters. The van der Waals surface area contributed by atoms with Gasteiger partial charge < -0.3 is 86.0 Å². The summed E-state index contributed by atoms with van der Waals surface area (Å²) >= 11 is 0. The van der Waals surface area contributed by atoms with Crippen molar-refractivity contribution in [2.24, 2.45) is 11.5 Å². The molecule has 0 aromatic heterocycles. The summed E-state index contributed by atoms with van der Waals surface area (Å²) in [4.78, 5) is 18.9. The molecule has 4 rings (SSSR count). The molecule has 16 unspecified atom stereocenters. The first-order valence-electron chi connectivity index (χ1n) is 12.6. The highest BCUT2D eigenvalue weighted by molar-refractivity contribution is 7.46. The van der Waals surface area contributed by atoms with E-state index in [2.05, 4.69) is 5.32 Å². The lowest BCUT2D eigenvalue weighted by Gasteiger charge is -2.47. The number of phosphoric acid groups is 1. The third-order valence-corrected chi connectivity index (χ3v) is 8.16. The molecule has 19 nitrogen and oxygen atoms in total. The van der Waals surface area contributed by atoms with E-state index >= 15 is 0 Å². The first kappa shape index (κ1) is 32.4. The van der Waals surface area contributed by atoms with Gasteiger partial charge in [-0.1, -0.05) is 0 Å². The molecule has 3 saturated heterocycles. The Morgan fingerprint density at radius 2 is 1.65 bits per heavy atom. The summed E-state index contributed by atoms with van der Waals surface area (Å²) in [6.07, 6.45) is -19.7. The molecule has 1 aliphatic carbocycles. The van der Waals surface area contributed by atoms with Crippen LogP contribution >= 0.6 is 7.82 Å². The van der Waals surface area contributed by atoms with Crippen LogP contribution in [-0.4, -0.2) is 163 Å². The second-order valence-electron chi connectivity index (χ2n) is 10.3. The van der Waals surface area contributed by atoms with Gasteiger partial charge in [0.25, 0.3) is 0 Å². The molecule has 40 heavy (non-hydrogen) atoms. The van der Waals surface area contributed by atoms with Gasteiger partial charge in [-0.15, -0.1) is 0 Å². The minimum atomic E-state index is -5.14. The summed E-state index contributed by atoms with van der Waals surface area (Å²) in [6, 6.07) is -3.04. The molecule has 0 bridgehead atoms. The van der Waals surface area contributed by atoms with Crippen molar-refractivity contribution >= 4 is 7.82 Å². The summed E-state index contributed by atoms with van der Waals surface area (Å²) in [6.45, 7) is -1.48. The van der Waals surface area contributed by atoms with E-state index in [0.29, 0.717) is 0 Å². The number of ether oxygens (including phenoxy) is 5. The minimum Gasteiger partial charge on any atom is -0.395 e. The van der Waals surface area contributed by atoms with Gasteiger partial charge in [0, 0.05) is 12.1 Å². The average Bonchev–Trinajstić information content (AvgIpc) is 3.30. The Kier molecular flexibility index (Phi) is 9.93. The minimum absolute atomic E-state index is 0.0349. The van der Waals surface area contributed by atoms with E-state index < -0.39 is 119 Å². The predicted molar refractivity (Wildman–Crippen MR) is 125 cm³/mol. The van der Waals surface area contributed by atoms with E-state index in [-0.39, 0.29) is 6.42 Å². The first-order chi connectivity index (χ1) is 18.7. The fourth-order valence-corrected chi connectivity index (χ4v) is 6.10. The van der Waals surface area contributed by atoms with Crippen LogP contribution in [0.25, 0.3) is 0 Å². The summed E-state index contributed by atoms with van der Waals surface area (Å²) in [5, 5.41) is 75.5. The number of nitrogens with two attached hydrogens (primary N) is 2. The predicted octanol–water partition coefficient (Wildman–Crippen LogP) is -7.15. The lowest BCUT2D eigenvalue weighted by Crippen LogP contribution is -2.69. The topological polar surface area (TPSA) is 319 Å². The molecule has 3 aliphatic heterocycles. The van der Waals surface area contributed by atoms with Crippen molar-refractivity contribution in [3.8, 4) is 0 Å². The van der Waals surface area contributed by atoms with Crippen molar-refractivity contribution in [3.63, 3.8) is 0 Å². The zero-order valence-electron chi connectivity index (χ0n) is 21.3. The zero-order chi connectivity index (χ0) is 29.7. The molecule has 20 heteroatoms. The van der Waals surface area contributed by atoms with Crippen LogP contribution in [-0.2, 0) is 32.8 Å². The van der Waals surface area contributed by atoms with Crippen molar-refractivity contribution in [1.29, 1.82) is 0 Å². The highest BCUT2D eigenvalue weighted by Crippen LogP contribution is 2.46. The molecule has 0 radical (unpaired) electrons. The monoisotopic (exact) mass is 607 g/mol. The van der Waals surface area contributed by atoms with Crippen molar-refractivity contribution in [1.82, 2.24) is 5.32 Å². The van der Waals surface area contributed by atoms with Crippen LogP contribution in [0.2, 0.25) is 0 Å². The molecule has 4 aliphatic rings. The highest BCUT2D eigenvalue weighted by Gasteiger charge is 2.67. The van der Waals surface area contributed by atoms with Gasteiger partial charge in [-0.05, 0) is 13.5 Å². The van der Waals surface area contributed by atoms with Crippen LogP contribution in [0, 0.1) is 0 Å². The third kappa shape index (κ3) is 5.97. The fraction of sp³-hybridized carbons (Fsp3) is 1.00. The lowest BCUT2D eigenvalue weighted by atomic mass is 9.84. The number of hydrogen-bond acceptors (Lipinski definition) is 17. The van der Waals surface area contributed by atoms with Gasteiger partial charge in [0.05, 0.1) is 25.4 Å². The van der Waals surface area contributed by atoms with Gasteiger partial charge in [0.1, 0.15) is 54.9 Å². The number of phosphoric ester groups is 1. The number of rotatable bonds is 8. The number of hydrogen-bond donors (Lipinski definition) is 12. The van der Waals surface area contributed by atoms with E-state index in [1.807, 2.05) is 0 Å². The van der Waals surface area contributed by atoms with Gasteiger partial charge in [0.15, 0.2) is 12.4 Å². The summed E-state index contributed by atoms with van der Waals surface area (Å²) in [7, 11) is -3.63. The Hall–Kier alpha value is -0.490. The molecule has 0 amide bonds. The Morgan fingerprint density at radius 1 is 1.00 bits per heavy atom. The Balaban J connectivity index is 1.66. The standard InChI is InChI=1S/C20H38N3O16P/c1-23-7-2-5(21)14(39-40(31,32)33)15(9(7)26)35-19-17-16(10(27)8(4-25)34-19)37-20(38-17)18(30)12(29)11(28)13(36-20)6(22)3-24/h5-19,23-30H,2-4,21-22H2,1H3,(H2,31,32,33). The zero-order valence-corrected chi connectivity index (χ0v) is 22.2. The van der Waals surface area contributed by atoms with Gasteiger partial charge in [-0.3, -0.25) is 4.52 Å². The highest BCUT2D eigenvalue weighted by atomic mass is 31.2. The summed E-state index contributed by atoms with van der Waals surface area (Å²) < 4.78 is 45.2. The third-order valence-electron chi connectivity index (χ3n) is 7.65. The van der Waals surface area contributed by atoms with Crippen molar-refractivity contribution in [2.75, 3.05) is 20.3 Å². The van der Waals surface area contributed by atoms with Crippen LogP contribution in [0.5, 0.6) is 0 Å². The van der Waals surface area contributed by atoms with E-state index in [1.165, 1.54) is 7.05 Å². The van der Waals surface area contributed by atoms with E-state index in [9.17, 15) is 50.1 Å². The second kappa shape index (κ2) is 12.2. The van der Waals surface area contributed by atoms with Crippen LogP contribution < -0.4 is 16.8 Å². The SMILES string of the molecule is CNC1CC(N)C(OP(=O)(O)O)C(OC2OC(CO)C(O)C3OC4(OC(C(N)CO)C(O)C(O)C4O)OC23)C1O. The number of fused-ring (bicyclic) bond motifs is 1. The van der Waals surface area contributed by atoms with Crippen molar-refractivity contribution < 1.29 is 78.3 Å². The fourth-order valence-electron chi connectivity index (χ4n) is 5.51. The molecule has 14 N–H and O–H groups in total. The Morgan fingerprint density at radius 3 is 2.23 bits per heavy atom. The molecule has 0 aromatic carbocycles. The molecule has 3 heterocycles. The van der Waals surface area contributed by atoms with Crippen LogP contribution in [0.3, 0.4) is 0 Å². The number of likely N-dealkylation sites (N-methyl/N-ethyl adjacent to an activating group) is 1. The van der Waals surface area contributed by atoms with Gasteiger partial charge >= 0.3 is 13.8 Å². The maximum absolute atomic E-state index is 11.7. The molecule has 4 fully saturated rings. The van der Waals surface area contributed by atoms with Crippen molar-refractivity contribution in [3.05, 3.63) is 0 Å². The van der Waals surface area contributed by atoms with E-state index in [0.717, 1.165) is 0 Å². The van der Waals surface area contributed by atoms with E-state index in [4.69, 9.17) is 39.7 Å². The maximum atomic E-state index is 11.7. The number of aliphatic hydroxyl groups is 7. The summed E-state index contributed by atoms with van der Waals surface area (Å²) in [5.41, 5.74) is 11.9. The van der Waals surface area contributed by atoms with Gasteiger partial charge in [-0.2, -0.15) is 0 Å². The van der Waals surface area contributed by atoms with Crippen LogP contribution in [0.15, 0.2) is 0 Å². The molecular formula is C20H38N3O16P. The molecule has 1 saturated carbocycles. The summed E-state index contributed by atoms with van der Waals surface area (Å²) in [5.74, 6) is -2.58. The molecule has 234 valence electrons. The maximum Gasteiger partial charge on any atom is 0.469 e. The second-order valence-corrected chi connectivity index (χ2v) is 11.5. The van der Waals surface area contributed by atoms with Crippen LogP contribution in [0.1, 0.15) is 6.42 Å². The number of nitrogens with one attached hydrogen (secondary N) is 1. The Bertz CT molecular complexity index is 919. The average molecular weight is 608 g/mol. The lowest BCUT2D eigenvalue weighted by molar-refractivity contribution is -0.439. The molecule has 0 aromatic rings. The van der Waals surface area contributed by atoms with Gasteiger partial charge in [0.2, 0.25) is 0 Å².